The number of aromatic nitrogens is 1. The van der Waals surface area contributed by atoms with Crippen LogP contribution in [0.25, 0.3) is 22.6 Å². The number of carbonyl (C=O) groups is 1. The van der Waals surface area contributed by atoms with Gasteiger partial charge in [0.05, 0.1) is 16.1 Å². The van der Waals surface area contributed by atoms with Crippen molar-refractivity contribution >= 4 is 32.7 Å². The van der Waals surface area contributed by atoms with Crippen molar-refractivity contribution < 1.29 is 17.6 Å². The van der Waals surface area contributed by atoms with Gasteiger partial charge in [0.1, 0.15) is 5.52 Å². The van der Waals surface area contributed by atoms with Crippen molar-refractivity contribution in [3.63, 3.8) is 0 Å². The number of benzene rings is 3. The highest BCUT2D eigenvalue weighted by molar-refractivity contribution is 7.89. The minimum Gasteiger partial charge on any atom is -0.436 e. The number of carbonyl (C=O) groups excluding carboxylic acids is 1. The second-order valence-corrected chi connectivity index (χ2v) is 10.6. The van der Waals surface area contributed by atoms with E-state index in [1.807, 2.05) is 42.5 Å². The standard InChI is InChI=1S/C26H25N3O4S/c1-18-7-6-16-29(17-18)34(31,32)20-14-12-19(13-15-20)25(30)27-22-9-3-2-8-21(22)26-28-23-10-4-5-11-24(23)33-26/h2-5,8-15,18H,6-7,16-17H2,1H3,(H,27,30)/t18-/m1/s1. The van der Waals surface area contributed by atoms with Crippen molar-refractivity contribution in [1.82, 2.24) is 9.29 Å². The molecule has 0 saturated carbocycles. The van der Waals surface area contributed by atoms with E-state index >= 15 is 0 Å². The number of para-hydroxylation sites is 3. The summed E-state index contributed by atoms with van der Waals surface area (Å²) in [5, 5.41) is 2.90. The Kier molecular flexibility index (Phi) is 5.93. The van der Waals surface area contributed by atoms with Gasteiger partial charge >= 0.3 is 0 Å². The summed E-state index contributed by atoms with van der Waals surface area (Å²) in [5.41, 5.74) is 2.97. The Labute approximate surface area is 198 Å². The molecule has 0 aliphatic carbocycles. The molecule has 34 heavy (non-hydrogen) atoms. The summed E-state index contributed by atoms with van der Waals surface area (Å²) in [6, 6.07) is 20.8. The van der Waals surface area contributed by atoms with E-state index in [2.05, 4.69) is 17.2 Å². The number of anilines is 1. The van der Waals surface area contributed by atoms with E-state index in [9.17, 15) is 13.2 Å². The van der Waals surface area contributed by atoms with E-state index in [4.69, 9.17) is 4.42 Å². The van der Waals surface area contributed by atoms with Crippen LogP contribution < -0.4 is 5.32 Å². The monoisotopic (exact) mass is 475 g/mol. The normalized spacial score (nSPS) is 17.0. The van der Waals surface area contributed by atoms with Crippen LogP contribution in [0.5, 0.6) is 0 Å². The Morgan fingerprint density at radius 1 is 1.03 bits per heavy atom. The summed E-state index contributed by atoms with van der Waals surface area (Å²) < 4.78 is 33.4. The fraction of sp³-hybridized carbons (Fsp3) is 0.231. The van der Waals surface area contributed by atoms with Gasteiger partial charge < -0.3 is 9.73 Å². The highest BCUT2D eigenvalue weighted by Gasteiger charge is 2.28. The first-order valence-electron chi connectivity index (χ1n) is 11.3. The molecule has 0 bridgehead atoms. The van der Waals surface area contributed by atoms with E-state index in [1.165, 1.54) is 28.6 Å². The minimum atomic E-state index is -3.57. The molecule has 1 N–H and O–H groups in total. The Morgan fingerprint density at radius 2 is 1.76 bits per heavy atom. The highest BCUT2D eigenvalue weighted by atomic mass is 32.2. The molecular weight excluding hydrogens is 450 g/mol. The van der Waals surface area contributed by atoms with Crippen LogP contribution in [-0.2, 0) is 10.0 Å². The van der Waals surface area contributed by atoms with Gasteiger partial charge in [0.2, 0.25) is 15.9 Å². The number of hydrogen-bond donors (Lipinski definition) is 1. The third kappa shape index (κ3) is 4.34. The van der Waals surface area contributed by atoms with Gasteiger partial charge in [-0.1, -0.05) is 31.2 Å². The van der Waals surface area contributed by atoms with Crippen LogP contribution in [0, 0.1) is 5.92 Å². The lowest BCUT2D eigenvalue weighted by molar-refractivity contribution is 0.102. The Bertz CT molecular complexity index is 1410. The Hall–Kier alpha value is -3.49. The smallest absolute Gasteiger partial charge is 0.255 e. The van der Waals surface area contributed by atoms with Gasteiger partial charge in [-0.05, 0) is 67.3 Å². The number of nitrogens with zero attached hydrogens (tertiary/aromatic N) is 2. The van der Waals surface area contributed by atoms with E-state index < -0.39 is 10.0 Å². The zero-order valence-electron chi connectivity index (χ0n) is 18.8. The molecule has 1 aliphatic rings. The van der Waals surface area contributed by atoms with Gasteiger partial charge in [0, 0.05) is 18.7 Å². The maximum Gasteiger partial charge on any atom is 0.255 e. The molecule has 1 amide bonds. The maximum atomic E-state index is 13.0. The lowest BCUT2D eigenvalue weighted by Crippen LogP contribution is -2.39. The molecule has 0 unspecified atom stereocenters. The number of amides is 1. The molecule has 174 valence electrons. The van der Waals surface area contributed by atoms with Crippen molar-refractivity contribution in [3.05, 3.63) is 78.4 Å². The van der Waals surface area contributed by atoms with E-state index in [0.717, 1.165) is 18.4 Å². The maximum absolute atomic E-state index is 13.0. The molecule has 1 fully saturated rings. The number of hydrogen-bond acceptors (Lipinski definition) is 5. The summed E-state index contributed by atoms with van der Waals surface area (Å²) in [5.74, 6) is 0.406. The number of sulfonamides is 1. The number of nitrogens with one attached hydrogen (secondary N) is 1. The molecule has 4 aromatic rings. The van der Waals surface area contributed by atoms with Gasteiger partial charge in [0.15, 0.2) is 5.58 Å². The first kappa shape index (κ1) is 22.3. The number of rotatable bonds is 5. The number of piperidine rings is 1. The first-order valence-corrected chi connectivity index (χ1v) is 12.7. The molecule has 8 heteroatoms. The zero-order valence-corrected chi connectivity index (χ0v) is 19.6. The lowest BCUT2D eigenvalue weighted by atomic mass is 10.0. The molecular formula is C26H25N3O4S. The van der Waals surface area contributed by atoms with Crippen molar-refractivity contribution in [2.45, 2.75) is 24.7 Å². The van der Waals surface area contributed by atoms with Crippen molar-refractivity contribution in [2.24, 2.45) is 5.92 Å². The van der Waals surface area contributed by atoms with E-state index in [-0.39, 0.29) is 10.8 Å². The second-order valence-electron chi connectivity index (χ2n) is 8.62. The fourth-order valence-electron chi connectivity index (χ4n) is 4.25. The van der Waals surface area contributed by atoms with Crippen molar-refractivity contribution in [3.8, 4) is 11.5 Å². The van der Waals surface area contributed by atoms with E-state index in [0.29, 0.717) is 47.3 Å². The van der Waals surface area contributed by atoms with Gasteiger partial charge in [0.25, 0.3) is 5.91 Å². The molecule has 0 radical (unpaired) electrons. The molecule has 1 aromatic heterocycles. The van der Waals surface area contributed by atoms with Crippen LogP contribution in [0.15, 0.2) is 82.1 Å². The van der Waals surface area contributed by atoms with Gasteiger partial charge in [-0.3, -0.25) is 4.79 Å². The van der Waals surface area contributed by atoms with Crippen LogP contribution in [0.3, 0.4) is 0 Å². The summed E-state index contributed by atoms with van der Waals surface area (Å²) in [6.07, 6.45) is 1.90. The Balaban J connectivity index is 1.36. The third-order valence-corrected chi connectivity index (χ3v) is 7.95. The van der Waals surface area contributed by atoms with Crippen molar-refractivity contribution in [1.29, 1.82) is 0 Å². The van der Waals surface area contributed by atoms with Gasteiger partial charge in [-0.25, -0.2) is 13.4 Å². The molecule has 5 rings (SSSR count). The lowest BCUT2D eigenvalue weighted by Gasteiger charge is -2.30. The van der Waals surface area contributed by atoms with Crippen LogP contribution in [0.1, 0.15) is 30.1 Å². The topological polar surface area (TPSA) is 92.5 Å². The third-order valence-electron chi connectivity index (χ3n) is 6.07. The van der Waals surface area contributed by atoms with Crippen LogP contribution >= 0.6 is 0 Å². The number of fused-ring (bicyclic) bond motifs is 1. The molecule has 0 spiro atoms. The van der Waals surface area contributed by atoms with Crippen molar-refractivity contribution in [2.75, 3.05) is 18.4 Å². The first-order chi connectivity index (χ1) is 16.4. The molecule has 1 aliphatic heterocycles. The molecule has 7 nitrogen and oxygen atoms in total. The predicted molar refractivity (Wildman–Crippen MR) is 131 cm³/mol. The molecule has 1 atom stereocenters. The highest BCUT2D eigenvalue weighted by Crippen LogP contribution is 2.30. The second kappa shape index (κ2) is 9.04. The average Bonchev–Trinajstić information content (AvgIpc) is 3.28. The summed E-state index contributed by atoms with van der Waals surface area (Å²) in [7, 11) is -3.57. The summed E-state index contributed by atoms with van der Waals surface area (Å²) in [6.45, 7) is 3.12. The summed E-state index contributed by atoms with van der Waals surface area (Å²) in [4.78, 5) is 17.7. The zero-order chi connectivity index (χ0) is 23.7. The number of oxazole rings is 1. The Morgan fingerprint density at radius 3 is 2.53 bits per heavy atom. The molecule has 3 aromatic carbocycles. The van der Waals surface area contributed by atoms with Crippen LogP contribution in [-0.4, -0.2) is 36.7 Å². The fourth-order valence-corrected chi connectivity index (χ4v) is 5.85. The SMILES string of the molecule is C[C@@H]1CCCN(S(=O)(=O)c2ccc(C(=O)Nc3ccccc3-c3nc4ccccc4o3)cc2)C1. The molecule has 2 heterocycles. The minimum absolute atomic E-state index is 0.199. The van der Waals surface area contributed by atoms with Gasteiger partial charge in [-0.2, -0.15) is 4.31 Å². The summed E-state index contributed by atoms with van der Waals surface area (Å²) >= 11 is 0. The predicted octanol–water partition coefficient (Wildman–Crippen LogP) is 5.17. The molecule has 1 saturated heterocycles. The quantitative estimate of drug-likeness (QED) is 0.430. The van der Waals surface area contributed by atoms with E-state index in [1.54, 1.807) is 6.07 Å². The van der Waals surface area contributed by atoms with Crippen LogP contribution in [0.4, 0.5) is 5.69 Å². The average molecular weight is 476 g/mol. The van der Waals surface area contributed by atoms with Crippen LogP contribution in [0.2, 0.25) is 0 Å². The van der Waals surface area contributed by atoms with Gasteiger partial charge in [-0.15, -0.1) is 0 Å². The largest absolute Gasteiger partial charge is 0.436 e.